The van der Waals surface area contributed by atoms with Crippen molar-refractivity contribution < 1.29 is 11.0 Å². The Kier molecular flexibility index (Phi) is 5.41. The molecule has 0 radical (unpaired) electrons. The molecule has 1 aliphatic carbocycles. The molecule has 0 heterocycles. The van der Waals surface area contributed by atoms with E-state index in [0.717, 1.165) is 44.2 Å². The largest absolute Gasteiger partial charge is 0.310 e. The molecule has 238 valence electrons. The molecular weight excluding hydrogens is 603 g/mol. The first-order chi connectivity index (χ1) is 27.9. The summed E-state index contributed by atoms with van der Waals surface area (Å²) < 4.78 is 75.9. The van der Waals surface area contributed by atoms with Crippen LogP contribution in [0.15, 0.2) is 188 Å². The topological polar surface area (TPSA) is 3.24 Å². The summed E-state index contributed by atoms with van der Waals surface area (Å²) >= 11 is 0. The highest BCUT2D eigenvalue weighted by atomic mass is 15.1. The van der Waals surface area contributed by atoms with E-state index >= 15 is 0 Å². The fourth-order valence-electron chi connectivity index (χ4n) is 7.44. The molecule has 8 aromatic carbocycles. The van der Waals surface area contributed by atoms with Gasteiger partial charge in [0.15, 0.2) is 0 Å². The number of nitrogens with zero attached hydrogens (tertiary/aromatic N) is 1. The van der Waals surface area contributed by atoms with Gasteiger partial charge in [0.1, 0.15) is 0 Å². The molecule has 0 saturated heterocycles. The highest BCUT2D eigenvalue weighted by molar-refractivity contribution is 5.97. The summed E-state index contributed by atoms with van der Waals surface area (Å²) in [6, 6.07) is 41.4. The molecule has 8 aromatic rings. The summed E-state index contributed by atoms with van der Waals surface area (Å²) in [5.74, 6) is 0. The maximum atomic E-state index is 9.68. The van der Waals surface area contributed by atoms with E-state index < -0.39 is 5.41 Å². The summed E-state index contributed by atoms with van der Waals surface area (Å²) in [7, 11) is 0. The van der Waals surface area contributed by atoms with Crippen LogP contribution in [0, 0.1) is 0 Å². The minimum Gasteiger partial charge on any atom is -0.310 e. The van der Waals surface area contributed by atoms with E-state index in [4.69, 9.17) is 0 Å². The molecule has 9 rings (SSSR count). The van der Waals surface area contributed by atoms with Crippen molar-refractivity contribution in [2.24, 2.45) is 0 Å². The zero-order valence-electron chi connectivity index (χ0n) is 35.7. The third-order valence-corrected chi connectivity index (χ3v) is 9.79. The van der Waals surface area contributed by atoms with Crippen LogP contribution >= 0.6 is 0 Å². The van der Waals surface area contributed by atoms with E-state index in [2.05, 4.69) is 26.0 Å². The summed E-state index contributed by atoms with van der Waals surface area (Å²) in [4.78, 5) is 1.38. The van der Waals surface area contributed by atoms with Crippen LogP contribution in [0.1, 0.15) is 35.9 Å². The fourth-order valence-corrected chi connectivity index (χ4v) is 7.44. The summed E-state index contributed by atoms with van der Waals surface area (Å²) in [5, 5.41) is 2.03. The smallest absolute Gasteiger partial charge is 0.0645 e. The summed E-state index contributed by atoms with van der Waals surface area (Å²) in [6.45, 7) is 4.22. The molecule has 0 saturated carbocycles. The van der Waals surface area contributed by atoms with Gasteiger partial charge in [-0.1, -0.05) is 165 Å². The Morgan fingerprint density at radius 1 is 0.420 bits per heavy atom. The van der Waals surface area contributed by atoms with Gasteiger partial charge in [0, 0.05) is 22.5 Å². The molecule has 1 heteroatoms. The number of rotatable bonds is 6. The second-order valence-electron chi connectivity index (χ2n) is 13.1. The third-order valence-electron chi connectivity index (χ3n) is 9.79. The number of fused-ring (bicyclic) bond motifs is 4. The van der Waals surface area contributed by atoms with Crippen LogP contribution in [-0.4, -0.2) is 0 Å². The van der Waals surface area contributed by atoms with E-state index in [9.17, 15) is 11.0 Å². The molecule has 1 aliphatic rings. The van der Waals surface area contributed by atoms with Gasteiger partial charge in [-0.25, -0.2) is 0 Å². The predicted octanol–water partition coefficient (Wildman–Crippen LogP) is 13.6. The number of hydrogen-bond acceptors (Lipinski definition) is 1. The predicted molar refractivity (Wildman–Crippen MR) is 213 cm³/mol. The Balaban J connectivity index is 1.32. The molecule has 1 nitrogen and oxygen atoms in total. The third kappa shape index (κ3) is 5.02. The van der Waals surface area contributed by atoms with Crippen molar-refractivity contribution in [1.82, 2.24) is 0 Å². The lowest BCUT2D eigenvalue weighted by Gasteiger charge is -2.27. The first-order valence-corrected chi connectivity index (χ1v) is 16.8. The van der Waals surface area contributed by atoms with Crippen molar-refractivity contribution >= 4 is 27.8 Å². The molecular formula is C49H37N. The van der Waals surface area contributed by atoms with Crippen LogP contribution in [-0.2, 0) is 5.41 Å². The summed E-state index contributed by atoms with van der Waals surface area (Å²) in [6.07, 6.45) is 0. The van der Waals surface area contributed by atoms with Crippen LogP contribution in [0.25, 0.3) is 55.3 Å². The Morgan fingerprint density at radius 3 is 1.78 bits per heavy atom. The molecule has 0 N–H and O–H groups in total. The molecule has 0 aromatic heterocycles. The Bertz CT molecular complexity index is 2910. The van der Waals surface area contributed by atoms with E-state index in [0.29, 0.717) is 16.8 Å². The highest BCUT2D eigenvalue weighted by Gasteiger charge is 2.37. The number of anilines is 3. The lowest BCUT2D eigenvalue weighted by Crippen LogP contribution is -2.16. The maximum absolute atomic E-state index is 9.68. The van der Waals surface area contributed by atoms with Gasteiger partial charge in [-0.15, -0.1) is 0 Å². The van der Waals surface area contributed by atoms with Crippen molar-refractivity contribution in [2.75, 3.05) is 4.90 Å². The molecule has 0 aliphatic heterocycles. The molecule has 0 amide bonds. The van der Waals surface area contributed by atoms with Crippen molar-refractivity contribution in [3.8, 4) is 44.5 Å². The molecule has 0 unspecified atom stereocenters. The van der Waals surface area contributed by atoms with Gasteiger partial charge in [0.05, 0.1) is 11.0 Å². The van der Waals surface area contributed by atoms with Crippen molar-refractivity contribution in [1.29, 1.82) is 0 Å². The monoisotopic (exact) mass is 647 g/mol. The Labute approximate surface area is 306 Å². The molecule has 0 spiro atoms. The lowest BCUT2D eigenvalue weighted by molar-refractivity contribution is 0.662. The van der Waals surface area contributed by atoms with Gasteiger partial charge in [0.25, 0.3) is 0 Å². The molecule has 50 heavy (non-hydrogen) atoms. The molecule has 0 fully saturated rings. The second-order valence-corrected chi connectivity index (χ2v) is 13.1. The quantitative estimate of drug-likeness (QED) is 0.174. The first-order valence-electron chi connectivity index (χ1n) is 20.8. The normalized spacial score (nSPS) is 15.0. The molecule has 0 bridgehead atoms. The van der Waals surface area contributed by atoms with Gasteiger partial charge in [-0.05, 0) is 103 Å². The van der Waals surface area contributed by atoms with E-state index in [1.54, 1.807) is 30.3 Å². The zero-order valence-corrected chi connectivity index (χ0v) is 27.7. The van der Waals surface area contributed by atoms with Crippen LogP contribution in [0.5, 0.6) is 0 Å². The minimum absolute atomic E-state index is 0.125. The van der Waals surface area contributed by atoms with Gasteiger partial charge >= 0.3 is 0 Å². The first kappa shape index (κ1) is 22.5. The minimum atomic E-state index is -0.492. The Hall–Kier alpha value is -6.18. The average molecular weight is 648 g/mol. The van der Waals surface area contributed by atoms with Gasteiger partial charge < -0.3 is 4.90 Å². The van der Waals surface area contributed by atoms with E-state index in [1.807, 2.05) is 97.1 Å². The maximum Gasteiger partial charge on any atom is 0.0645 e. The standard InChI is InChI=1S/C49H37N/c1-49(2)47-24-9-8-20-45(47)46-23-12-22-44(48(46)49)37-27-31-40(32-28-37)50(39-29-25-35(26-30-39)34-13-4-3-5-14-34)41-18-10-17-38(33-41)43-21-11-16-36-15-6-7-19-42(36)43/h3-33H,1-2H3/i25D,26D,27D,28D,29D,30D,31D,32D. The SMILES string of the molecule is [2H]c1c([2H])c(N(c2cccc(-c3cccc4ccccc34)c2)c2c([2H])c([2H])c(-c3cccc4c3C(C)(C)c3ccccc3-4)c([2H])c2[2H])c([2H])c([2H])c1-c1ccccc1. The van der Waals surface area contributed by atoms with Crippen molar-refractivity contribution in [3.05, 3.63) is 199 Å². The van der Waals surface area contributed by atoms with Crippen LogP contribution in [0.2, 0.25) is 0 Å². The lowest BCUT2D eigenvalue weighted by atomic mass is 9.79. The molecule has 0 atom stereocenters. The average Bonchev–Trinajstić information content (AvgIpc) is 3.48. The summed E-state index contributed by atoms with van der Waals surface area (Å²) in [5.41, 5.74) is 6.66. The van der Waals surface area contributed by atoms with Crippen LogP contribution < -0.4 is 4.90 Å². The second kappa shape index (κ2) is 12.1. The van der Waals surface area contributed by atoms with Gasteiger partial charge in [-0.2, -0.15) is 0 Å². The van der Waals surface area contributed by atoms with Crippen LogP contribution in [0.4, 0.5) is 17.1 Å². The number of hydrogen-bond donors (Lipinski definition) is 0. The number of benzene rings is 8. The highest BCUT2D eigenvalue weighted by Crippen LogP contribution is 2.52. The van der Waals surface area contributed by atoms with Gasteiger partial charge in [0.2, 0.25) is 0 Å². The van der Waals surface area contributed by atoms with Crippen LogP contribution in [0.3, 0.4) is 0 Å². The zero-order chi connectivity index (χ0) is 40.6. The van der Waals surface area contributed by atoms with E-state index in [1.165, 1.54) is 4.90 Å². The van der Waals surface area contributed by atoms with E-state index in [-0.39, 0.29) is 70.8 Å². The Morgan fingerprint density at radius 2 is 0.980 bits per heavy atom. The van der Waals surface area contributed by atoms with Gasteiger partial charge in [-0.3, -0.25) is 0 Å². The van der Waals surface area contributed by atoms with Crippen molar-refractivity contribution in [3.63, 3.8) is 0 Å². The van der Waals surface area contributed by atoms with Crippen molar-refractivity contribution in [2.45, 2.75) is 19.3 Å². The fraction of sp³-hybridized carbons (Fsp3) is 0.0612.